The van der Waals surface area contributed by atoms with Gasteiger partial charge in [0.1, 0.15) is 37.9 Å². The standard InChI is InChI=1S/C20H25NO4/c1-2-3-14-21(24-17-15-22-19-10-6-4-7-11-19)25-18-16-23-20-12-8-5-9-13-20/h2,4-13H,1,3,14-18H2. The second-order valence-electron chi connectivity index (χ2n) is 5.12. The van der Waals surface area contributed by atoms with E-state index >= 15 is 0 Å². The zero-order valence-corrected chi connectivity index (χ0v) is 14.4. The molecule has 0 N–H and O–H groups in total. The van der Waals surface area contributed by atoms with E-state index in [0.29, 0.717) is 33.0 Å². The van der Waals surface area contributed by atoms with Gasteiger partial charge in [0.25, 0.3) is 0 Å². The van der Waals surface area contributed by atoms with Crippen molar-refractivity contribution in [2.45, 2.75) is 6.42 Å². The maximum Gasteiger partial charge on any atom is 0.119 e. The minimum atomic E-state index is 0.394. The first kappa shape index (κ1) is 19.0. The average molecular weight is 343 g/mol. The Morgan fingerprint density at radius 2 is 1.20 bits per heavy atom. The van der Waals surface area contributed by atoms with E-state index in [1.807, 2.05) is 66.7 Å². The lowest BCUT2D eigenvalue weighted by atomic mass is 10.3. The predicted octanol–water partition coefficient (Wildman–Crippen LogP) is 3.89. The molecule has 0 atom stereocenters. The lowest BCUT2D eigenvalue weighted by Gasteiger charge is -2.20. The van der Waals surface area contributed by atoms with Crippen molar-refractivity contribution >= 4 is 0 Å². The van der Waals surface area contributed by atoms with Crippen LogP contribution in [-0.4, -0.2) is 38.2 Å². The first-order chi connectivity index (χ1) is 12.4. The SMILES string of the molecule is C=CCCN(OCCOc1ccccc1)OCCOc1ccccc1. The number of hydrogen-bond donors (Lipinski definition) is 0. The lowest BCUT2D eigenvalue weighted by molar-refractivity contribution is -0.369. The Hall–Kier alpha value is -2.34. The van der Waals surface area contributed by atoms with Gasteiger partial charge in [0.15, 0.2) is 0 Å². The van der Waals surface area contributed by atoms with Crippen molar-refractivity contribution in [2.75, 3.05) is 33.0 Å². The normalized spacial score (nSPS) is 10.6. The summed E-state index contributed by atoms with van der Waals surface area (Å²) >= 11 is 0. The molecule has 0 aliphatic heterocycles. The van der Waals surface area contributed by atoms with Crippen molar-refractivity contribution < 1.29 is 19.1 Å². The molecule has 0 unspecified atom stereocenters. The molecule has 0 aromatic heterocycles. The molecule has 0 spiro atoms. The molecule has 2 aromatic carbocycles. The molecule has 25 heavy (non-hydrogen) atoms. The van der Waals surface area contributed by atoms with Crippen molar-refractivity contribution in [2.24, 2.45) is 0 Å². The monoisotopic (exact) mass is 343 g/mol. The first-order valence-electron chi connectivity index (χ1n) is 8.38. The topological polar surface area (TPSA) is 40.2 Å². The molecule has 0 saturated heterocycles. The van der Waals surface area contributed by atoms with E-state index in [0.717, 1.165) is 17.9 Å². The molecule has 0 bridgehead atoms. The fourth-order valence-corrected chi connectivity index (χ4v) is 1.99. The second kappa shape index (κ2) is 12.1. The van der Waals surface area contributed by atoms with Gasteiger partial charge in [-0.3, -0.25) is 9.68 Å². The number of nitrogens with zero attached hydrogens (tertiary/aromatic N) is 1. The van der Waals surface area contributed by atoms with Crippen LogP contribution in [0.4, 0.5) is 0 Å². The first-order valence-corrected chi connectivity index (χ1v) is 8.38. The van der Waals surface area contributed by atoms with Gasteiger partial charge >= 0.3 is 0 Å². The van der Waals surface area contributed by atoms with Gasteiger partial charge in [0, 0.05) is 0 Å². The molecule has 0 fully saturated rings. The van der Waals surface area contributed by atoms with Gasteiger partial charge < -0.3 is 9.47 Å². The van der Waals surface area contributed by atoms with E-state index < -0.39 is 0 Å². The summed E-state index contributed by atoms with van der Waals surface area (Å²) in [6, 6.07) is 19.3. The van der Waals surface area contributed by atoms with Crippen LogP contribution in [-0.2, 0) is 9.68 Å². The number of para-hydroxylation sites is 2. The summed E-state index contributed by atoms with van der Waals surface area (Å²) in [7, 11) is 0. The van der Waals surface area contributed by atoms with Crippen LogP contribution in [0.2, 0.25) is 0 Å². The van der Waals surface area contributed by atoms with Gasteiger partial charge in [-0.15, -0.1) is 6.58 Å². The fraction of sp³-hybridized carbons (Fsp3) is 0.300. The molecule has 5 nitrogen and oxygen atoms in total. The van der Waals surface area contributed by atoms with Crippen LogP contribution in [0.3, 0.4) is 0 Å². The highest BCUT2D eigenvalue weighted by Crippen LogP contribution is 2.09. The largest absolute Gasteiger partial charge is 0.491 e. The fourth-order valence-electron chi connectivity index (χ4n) is 1.99. The molecule has 0 heterocycles. The lowest BCUT2D eigenvalue weighted by Crippen LogP contribution is -2.29. The van der Waals surface area contributed by atoms with Crippen LogP contribution < -0.4 is 9.47 Å². The average Bonchev–Trinajstić information content (AvgIpc) is 2.67. The van der Waals surface area contributed by atoms with Gasteiger partial charge in [0.05, 0.1) is 6.54 Å². The van der Waals surface area contributed by atoms with Crippen molar-refractivity contribution in [3.05, 3.63) is 73.3 Å². The zero-order chi connectivity index (χ0) is 17.6. The third-order valence-electron chi connectivity index (χ3n) is 3.18. The Morgan fingerprint density at radius 3 is 1.64 bits per heavy atom. The molecule has 0 aliphatic carbocycles. The molecular formula is C20H25NO4. The van der Waals surface area contributed by atoms with Crippen LogP contribution in [0.5, 0.6) is 11.5 Å². The molecular weight excluding hydrogens is 318 g/mol. The molecule has 5 heteroatoms. The molecule has 2 rings (SSSR count). The summed E-state index contributed by atoms with van der Waals surface area (Å²) in [5, 5.41) is 1.46. The van der Waals surface area contributed by atoms with Gasteiger partial charge in [-0.05, 0) is 30.7 Å². The maximum absolute atomic E-state index is 5.60. The van der Waals surface area contributed by atoms with Crippen molar-refractivity contribution in [3.63, 3.8) is 0 Å². The molecule has 0 saturated carbocycles. The van der Waals surface area contributed by atoms with E-state index in [2.05, 4.69) is 6.58 Å². The van der Waals surface area contributed by atoms with Crippen LogP contribution in [0, 0.1) is 0 Å². The summed E-state index contributed by atoms with van der Waals surface area (Å²) in [6.45, 7) is 5.99. The summed E-state index contributed by atoms with van der Waals surface area (Å²) in [6.07, 6.45) is 2.58. The quantitative estimate of drug-likeness (QED) is 0.313. The smallest absolute Gasteiger partial charge is 0.119 e. The molecule has 2 aromatic rings. The van der Waals surface area contributed by atoms with Gasteiger partial charge in [-0.25, -0.2) is 0 Å². The maximum atomic E-state index is 5.60. The van der Waals surface area contributed by atoms with Crippen molar-refractivity contribution in [1.82, 2.24) is 5.23 Å². The highest BCUT2D eigenvalue weighted by Gasteiger charge is 2.06. The Morgan fingerprint density at radius 1 is 0.720 bits per heavy atom. The van der Waals surface area contributed by atoms with Crippen LogP contribution in [0.25, 0.3) is 0 Å². The molecule has 134 valence electrons. The van der Waals surface area contributed by atoms with Gasteiger partial charge in [-0.1, -0.05) is 47.7 Å². The summed E-state index contributed by atoms with van der Waals surface area (Å²) < 4.78 is 11.2. The Balaban J connectivity index is 1.62. The number of hydrogen-bond acceptors (Lipinski definition) is 5. The van der Waals surface area contributed by atoms with Gasteiger partial charge in [0.2, 0.25) is 0 Å². The zero-order valence-electron chi connectivity index (χ0n) is 14.4. The summed E-state index contributed by atoms with van der Waals surface area (Å²) in [4.78, 5) is 11.2. The third kappa shape index (κ3) is 8.35. The Bertz CT molecular complexity index is 529. The number of ether oxygens (including phenoxy) is 2. The number of benzene rings is 2. The Kier molecular flexibility index (Phi) is 9.18. The van der Waals surface area contributed by atoms with E-state index in [1.165, 1.54) is 5.23 Å². The van der Waals surface area contributed by atoms with E-state index in [9.17, 15) is 0 Å². The van der Waals surface area contributed by atoms with Crippen LogP contribution in [0.15, 0.2) is 73.3 Å². The highest BCUT2D eigenvalue weighted by atomic mass is 16.9. The highest BCUT2D eigenvalue weighted by molar-refractivity contribution is 5.21. The minimum Gasteiger partial charge on any atom is -0.491 e. The molecule has 0 radical (unpaired) electrons. The third-order valence-corrected chi connectivity index (χ3v) is 3.18. The second-order valence-corrected chi connectivity index (χ2v) is 5.12. The summed E-state index contributed by atoms with van der Waals surface area (Å²) in [5.74, 6) is 1.64. The summed E-state index contributed by atoms with van der Waals surface area (Å²) in [5.41, 5.74) is 0. The van der Waals surface area contributed by atoms with Gasteiger partial charge in [-0.2, -0.15) is 0 Å². The molecule has 0 amide bonds. The predicted molar refractivity (Wildman–Crippen MR) is 97.3 cm³/mol. The van der Waals surface area contributed by atoms with Crippen LogP contribution >= 0.6 is 0 Å². The van der Waals surface area contributed by atoms with E-state index in [1.54, 1.807) is 0 Å². The van der Waals surface area contributed by atoms with Crippen molar-refractivity contribution in [3.8, 4) is 11.5 Å². The minimum absolute atomic E-state index is 0.394. The van der Waals surface area contributed by atoms with E-state index in [4.69, 9.17) is 19.1 Å². The van der Waals surface area contributed by atoms with Crippen molar-refractivity contribution in [1.29, 1.82) is 0 Å². The molecule has 0 aliphatic rings. The van der Waals surface area contributed by atoms with Crippen LogP contribution in [0.1, 0.15) is 6.42 Å². The number of hydroxylamine groups is 2. The Labute approximate surface area is 149 Å². The van der Waals surface area contributed by atoms with E-state index in [-0.39, 0.29) is 0 Å². The number of rotatable bonds is 13.